The van der Waals surface area contributed by atoms with Crippen molar-refractivity contribution in [3.05, 3.63) is 48.0 Å². The molecule has 0 N–H and O–H groups in total. The highest BCUT2D eigenvalue weighted by Gasteiger charge is 2.16. The van der Waals surface area contributed by atoms with Crippen molar-refractivity contribution in [1.29, 1.82) is 0 Å². The van der Waals surface area contributed by atoms with Gasteiger partial charge in [-0.2, -0.15) is 0 Å². The van der Waals surface area contributed by atoms with E-state index in [9.17, 15) is 14.4 Å². The number of esters is 2. The van der Waals surface area contributed by atoms with Crippen LogP contribution in [0, 0.1) is 0 Å². The second-order valence-electron chi connectivity index (χ2n) is 4.36. The summed E-state index contributed by atoms with van der Waals surface area (Å²) in [6.07, 6.45) is -0.290. The second-order valence-corrected chi connectivity index (χ2v) is 4.36. The van der Waals surface area contributed by atoms with Crippen molar-refractivity contribution in [1.82, 2.24) is 0 Å². The fourth-order valence-corrected chi connectivity index (χ4v) is 1.48. The van der Waals surface area contributed by atoms with Crippen LogP contribution in [0.15, 0.2) is 42.5 Å². The lowest BCUT2D eigenvalue weighted by molar-refractivity contribution is -0.146. The fourth-order valence-electron chi connectivity index (χ4n) is 1.48. The Morgan fingerprint density at radius 2 is 1.73 bits per heavy atom. The summed E-state index contributed by atoms with van der Waals surface area (Å²) in [6, 6.07) is 8.45. The van der Waals surface area contributed by atoms with Gasteiger partial charge in [-0.05, 0) is 0 Å². The van der Waals surface area contributed by atoms with Crippen molar-refractivity contribution in [3.8, 4) is 0 Å². The molecule has 1 aromatic carbocycles. The van der Waals surface area contributed by atoms with E-state index in [0.29, 0.717) is 5.56 Å². The Labute approximate surface area is 128 Å². The summed E-state index contributed by atoms with van der Waals surface area (Å²) in [5.74, 6) is -1.73. The maximum absolute atomic E-state index is 11.8. The van der Waals surface area contributed by atoms with Crippen molar-refractivity contribution in [3.63, 3.8) is 0 Å². The summed E-state index contributed by atoms with van der Waals surface area (Å²) in [5, 5.41) is 0. The number of carbonyl (C=O) groups is 3. The highest BCUT2D eigenvalue weighted by Crippen LogP contribution is 2.05. The number of hydrogen-bond acceptors (Lipinski definition) is 6. The van der Waals surface area contributed by atoms with Gasteiger partial charge in [0.15, 0.2) is 12.4 Å². The average molecular weight is 306 g/mol. The van der Waals surface area contributed by atoms with Gasteiger partial charge in [-0.15, -0.1) is 0 Å². The van der Waals surface area contributed by atoms with E-state index in [1.165, 1.54) is 7.11 Å². The summed E-state index contributed by atoms with van der Waals surface area (Å²) in [7, 11) is 1.48. The van der Waals surface area contributed by atoms with Crippen molar-refractivity contribution < 1.29 is 28.6 Å². The third-order valence-electron chi connectivity index (χ3n) is 2.63. The lowest BCUT2D eigenvalue weighted by Crippen LogP contribution is -2.18. The predicted molar refractivity (Wildman–Crippen MR) is 78.3 cm³/mol. The van der Waals surface area contributed by atoms with E-state index in [-0.39, 0.29) is 31.0 Å². The zero-order valence-corrected chi connectivity index (χ0v) is 12.4. The van der Waals surface area contributed by atoms with Crippen LogP contribution in [0.25, 0.3) is 0 Å². The Hall–Kier alpha value is -2.47. The second kappa shape index (κ2) is 9.46. The van der Waals surface area contributed by atoms with Crippen LogP contribution >= 0.6 is 0 Å². The van der Waals surface area contributed by atoms with Crippen molar-refractivity contribution in [2.45, 2.75) is 6.42 Å². The predicted octanol–water partition coefficient (Wildman–Crippen LogP) is 1.55. The molecule has 0 spiro atoms. The molecule has 0 aromatic heterocycles. The van der Waals surface area contributed by atoms with Crippen LogP contribution in [0.5, 0.6) is 0 Å². The Morgan fingerprint density at radius 3 is 2.36 bits per heavy atom. The van der Waals surface area contributed by atoms with Gasteiger partial charge >= 0.3 is 11.9 Å². The van der Waals surface area contributed by atoms with Crippen LogP contribution in [0.2, 0.25) is 0 Å². The standard InChI is InChI=1S/C16H18O6/c1-12(10-15(18)21-9-8-20-2)16(19)22-11-14(17)13-6-4-3-5-7-13/h3-7H,1,8-11H2,2H3. The van der Waals surface area contributed by atoms with Gasteiger partial charge in [0.1, 0.15) is 6.61 Å². The molecule has 0 aliphatic carbocycles. The van der Waals surface area contributed by atoms with Gasteiger partial charge in [-0.1, -0.05) is 36.9 Å². The molecule has 0 radical (unpaired) electrons. The van der Waals surface area contributed by atoms with Gasteiger partial charge in [0.25, 0.3) is 0 Å². The molecule has 118 valence electrons. The minimum Gasteiger partial charge on any atom is -0.463 e. The number of Topliss-reactive ketones (excluding diaryl/α,β-unsaturated/α-hetero) is 1. The number of ketones is 1. The van der Waals surface area contributed by atoms with Gasteiger partial charge in [0.05, 0.1) is 13.0 Å². The largest absolute Gasteiger partial charge is 0.463 e. The Kier molecular flexibility index (Phi) is 7.56. The normalized spacial score (nSPS) is 9.86. The van der Waals surface area contributed by atoms with Gasteiger partial charge in [-0.25, -0.2) is 4.79 Å². The SMILES string of the molecule is C=C(CC(=O)OCCOC)C(=O)OCC(=O)c1ccccc1. The maximum Gasteiger partial charge on any atom is 0.334 e. The van der Waals surface area contributed by atoms with Crippen LogP contribution in [-0.4, -0.2) is 44.7 Å². The number of methoxy groups -OCH3 is 1. The third-order valence-corrected chi connectivity index (χ3v) is 2.63. The molecule has 0 heterocycles. The summed E-state index contributed by atoms with van der Waals surface area (Å²) >= 11 is 0. The molecule has 22 heavy (non-hydrogen) atoms. The number of ether oxygens (including phenoxy) is 3. The highest BCUT2D eigenvalue weighted by molar-refractivity contribution is 5.99. The smallest absolute Gasteiger partial charge is 0.334 e. The molecule has 0 unspecified atom stereocenters. The molecule has 6 heteroatoms. The molecule has 0 aliphatic heterocycles. The van der Waals surface area contributed by atoms with Gasteiger partial charge in [0, 0.05) is 18.2 Å². The summed E-state index contributed by atoms with van der Waals surface area (Å²) < 4.78 is 14.3. The molecule has 0 atom stereocenters. The molecule has 0 saturated heterocycles. The van der Waals surface area contributed by atoms with E-state index < -0.39 is 18.5 Å². The first-order valence-electron chi connectivity index (χ1n) is 6.62. The molecular formula is C16H18O6. The molecular weight excluding hydrogens is 288 g/mol. The van der Waals surface area contributed by atoms with E-state index in [1.807, 2.05) is 0 Å². The number of carbonyl (C=O) groups excluding carboxylic acids is 3. The lowest BCUT2D eigenvalue weighted by atomic mass is 10.1. The minimum atomic E-state index is -0.798. The summed E-state index contributed by atoms with van der Waals surface area (Å²) in [6.45, 7) is 3.43. The van der Waals surface area contributed by atoms with Crippen LogP contribution in [0.4, 0.5) is 0 Å². The minimum absolute atomic E-state index is 0.0664. The molecule has 0 amide bonds. The van der Waals surface area contributed by atoms with E-state index in [2.05, 4.69) is 6.58 Å². The van der Waals surface area contributed by atoms with E-state index >= 15 is 0 Å². The number of rotatable bonds is 9. The van der Waals surface area contributed by atoms with E-state index in [0.717, 1.165) is 0 Å². The van der Waals surface area contributed by atoms with Gasteiger partial charge in [0.2, 0.25) is 0 Å². The van der Waals surface area contributed by atoms with Crippen molar-refractivity contribution in [2.75, 3.05) is 26.9 Å². The Bertz CT molecular complexity index is 535. The zero-order valence-electron chi connectivity index (χ0n) is 12.4. The topological polar surface area (TPSA) is 78.9 Å². The van der Waals surface area contributed by atoms with Crippen LogP contribution < -0.4 is 0 Å². The summed E-state index contributed by atoms with van der Waals surface area (Å²) in [5.41, 5.74) is 0.378. The van der Waals surface area contributed by atoms with Gasteiger partial charge < -0.3 is 14.2 Å². The number of hydrogen-bond donors (Lipinski definition) is 0. The van der Waals surface area contributed by atoms with E-state index in [4.69, 9.17) is 14.2 Å². The highest BCUT2D eigenvalue weighted by atomic mass is 16.6. The average Bonchev–Trinajstić information content (AvgIpc) is 2.53. The molecule has 1 aromatic rings. The van der Waals surface area contributed by atoms with E-state index in [1.54, 1.807) is 30.3 Å². The van der Waals surface area contributed by atoms with Crippen LogP contribution in [0.3, 0.4) is 0 Å². The van der Waals surface area contributed by atoms with Crippen molar-refractivity contribution in [2.24, 2.45) is 0 Å². The molecule has 1 rings (SSSR count). The first-order chi connectivity index (χ1) is 10.5. The molecule has 0 fully saturated rings. The third kappa shape index (κ3) is 6.32. The monoisotopic (exact) mass is 306 g/mol. The first kappa shape index (κ1) is 17.6. The Morgan fingerprint density at radius 1 is 1.05 bits per heavy atom. The molecule has 0 bridgehead atoms. The summed E-state index contributed by atoms with van der Waals surface area (Å²) in [4.78, 5) is 34.8. The van der Waals surface area contributed by atoms with Crippen LogP contribution in [-0.2, 0) is 23.8 Å². The Balaban J connectivity index is 2.34. The lowest BCUT2D eigenvalue weighted by Gasteiger charge is -2.07. The molecule has 6 nitrogen and oxygen atoms in total. The maximum atomic E-state index is 11.8. The molecule has 0 aliphatic rings. The fraction of sp³-hybridized carbons (Fsp3) is 0.312. The molecule has 0 saturated carbocycles. The first-order valence-corrected chi connectivity index (χ1v) is 6.62. The van der Waals surface area contributed by atoms with Gasteiger partial charge in [-0.3, -0.25) is 9.59 Å². The zero-order chi connectivity index (χ0) is 16.4. The van der Waals surface area contributed by atoms with Crippen molar-refractivity contribution >= 4 is 17.7 Å². The van der Waals surface area contributed by atoms with Crippen LogP contribution in [0.1, 0.15) is 16.8 Å². The number of benzene rings is 1. The quantitative estimate of drug-likeness (QED) is 0.298.